The maximum absolute atomic E-state index is 11.2. The molecule has 0 radical (unpaired) electrons. The molecule has 0 N–H and O–H groups in total. The number of hydrogen-bond donors (Lipinski definition) is 0. The van der Waals surface area contributed by atoms with Crippen molar-refractivity contribution in [2.75, 3.05) is 13.2 Å². The molecule has 0 aliphatic carbocycles. The minimum Gasteiger partial charge on any atom is -0.380 e. The zero-order chi connectivity index (χ0) is 8.97. The monoisotopic (exact) mass is 171 g/mol. The van der Waals surface area contributed by atoms with E-state index in [-0.39, 0.29) is 5.69 Å². The summed E-state index contributed by atoms with van der Waals surface area (Å²) in [4.78, 5) is 11.2. The number of hydrogen-bond acceptors (Lipinski definition) is 3. The minimum atomic E-state index is -0.102. The van der Waals surface area contributed by atoms with E-state index < -0.39 is 0 Å². The van der Waals surface area contributed by atoms with E-state index in [1.54, 1.807) is 7.05 Å². The van der Waals surface area contributed by atoms with E-state index in [4.69, 9.17) is 4.74 Å². The topological polar surface area (TPSA) is 49.0 Å². The van der Waals surface area contributed by atoms with E-state index in [0.717, 1.165) is 0 Å². The highest BCUT2D eigenvalue weighted by Crippen LogP contribution is 1.78. The Balaban J connectivity index is 2.52. The first kappa shape index (κ1) is 8.99. The number of aryl methyl sites for hydroxylation is 1. The standard InChI is InChI=1S/C7H13N3O2/c1-3-12-5-4-10-7(11)9(2)6-8-10/h6H,3-5H2,1-2H3. The summed E-state index contributed by atoms with van der Waals surface area (Å²) in [6.07, 6.45) is 1.49. The van der Waals surface area contributed by atoms with Crippen molar-refractivity contribution >= 4 is 0 Å². The van der Waals surface area contributed by atoms with Crippen LogP contribution >= 0.6 is 0 Å². The summed E-state index contributed by atoms with van der Waals surface area (Å²) in [5, 5.41) is 3.87. The largest absolute Gasteiger partial charge is 0.380 e. The molecule has 5 heteroatoms. The van der Waals surface area contributed by atoms with Crippen LogP contribution in [0.1, 0.15) is 6.92 Å². The van der Waals surface area contributed by atoms with Gasteiger partial charge < -0.3 is 4.74 Å². The lowest BCUT2D eigenvalue weighted by atomic mass is 10.7. The summed E-state index contributed by atoms with van der Waals surface area (Å²) in [5.74, 6) is 0. The Kier molecular flexibility index (Phi) is 3.04. The van der Waals surface area contributed by atoms with Crippen LogP contribution in [0.5, 0.6) is 0 Å². The van der Waals surface area contributed by atoms with Crippen LogP contribution in [0.3, 0.4) is 0 Å². The molecular formula is C7H13N3O2. The number of rotatable bonds is 4. The molecular weight excluding hydrogens is 158 g/mol. The van der Waals surface area contributed by atoms with Crippen LogP contribution in [0.4, 0.5) is 0 Å². The average molecular weight is 171 g/mol. The van der Waals surface area contributed by atoms with Gasteiger partial charge in [-0.2, -0.15) is 5.10 Å². The summed E-state index contributed by atoms with van der Waals surface area (Å²) in [7, 11) is 1.67. The van der Waals surface area contributed by atoms with Crippen LogP contribution in [-0.4, -0.2) is 27.6 Å². The summed E-state index contributed by atoms with van der Waals surface area (Å²) in [5.41, 5.74) is -0.102. The van der Waals surface area contributed by atoms with Crippen LogP contribution in [-0.2, 0) is 18.3 Å². The lowest BCUT2D eigenvalue weighted by Crippen LogP contribution is -2.24. The summed E-state index contributed by atoms with van der Waals surface area (Å²) in [6.45, 7) is 3.64. The Morgan fingerprint density at radius 3 is 2.92 bits per heavy atom. The van der Waals surface area contributed by atoms with Crippen LogP contribution in [0.25, 0.3) is 0 Å². The fourth-order valence-electron chi connectivity index (χ4n) is 0.869. The van der Waals surface area contributed by atoms with E-state index >= 15 is 0 Å². The highest BCUT2D eigenvalue weighted by molar-refractivity contribution is 4.64. The van der Waals surface area contributed by atoms with Gasteiger partial charge in [0.2, 0.25) is 0 Å². The predicted molar refractivity (Wildman–Crippen MR) is 44.0 cm³/mol. The number of aromatic nitrogens is 3. The van der Waals surface area contributed by atoms with E-state index in [0.29, 0.717) is 19.8 Å². The van der Waals surface area contributed by atoms with Crippen molar-refractivity contribution in [2.24, 2.45) is 7.05 Å². The average Bonchev–Trinajstić information content (AvgIpc) is 2.36. The molecule has 0 aliphatic heterocycles. The SMILES string of the molecule is CCOCCn1ncn(C)c1=O. The van der Waals surface area contributed by atoms with Crippen LogP contribution in [0.2, 0.25) is 0 Å². The first-order valence-electron chi connectivity index (χ1n) is 3.92. The molecule has 5 nitrogen and oxygen atoms in total. The molecule has 1 rings (SSSR count). The normalized spacial score (nSPS) is 10.5. The van der Waals surface area contributed by atoms with Gasteiger partial charge in [-0.05, 0) is 6.92 Å². The molecule has 12 heavy (non-hydrogen) atoms. The van der Waals surface area contributed by atoms with Gasteiger partial charge in [0.15, 0.2) is 0 Å². The Bertz CT molecular complexity index is 289. The third-order valence-corrected chi connectivity index (χ3v) is 1.54. The van der Waals surface area contributed by atoms with Gasteiger partial charge >= 0.3 is 5.69 Å². The second kappa shape index (κ2) is 4.06. The quantitative estimate of drug-likeness (QED) is 0.580. The number of nitrogens with zero attached hydrogens (tertiary/aromatic N) is 3. The first-order valence-corrected chi connectivity index (χ1v) is 3.92. The highest BCUT2D eigenvalue weighted by atomic mass is 16.5. The molecule has 0 atom stereocenters. The smallest absolute Gasteiger partial charge is 0.345 e. The third kappa shape index (κ3) is 1.94. The van der Waals surface area contributed by atoms with E-state index in [1.807, 2.05) is 6.92 Å². The van der Waals surface area contributed by atoms with Gasteiger partial charge in [-0.3, -0.25) is 4.57 Å². The molecule has 1 heterocycles. The molecule has 1 aromatic rings. The molecule has 0 amide bonds. The van der Waals surface area contributed by atoms with Gasteiger partial charge in [0, 0.05) is 13.7 Å². The van der Waals surface area contributed by atoms with E-state index in [1.165, 1.54) is 15.6 Å². The Hall–Kier alpha value is -1.10. The van der Waals surface area contributed by atoms with Crippen molar-refractivity contribution in [3.05, 3.63) is 16.8 Å². The molecule has 0 aromatic carbocycles. The lowest BCUT2D eigenvalue weighted by molar-refractivity contribution is 0.135. The lowest BCUT2D eigenvalue weighted by Gasteiger charge is -1.98. The van der Waals surface area contributed by atoms with Crippen molar-refractivity contribution < 1.29 is 4.74 Å². The molecule has 0 unspecified atom stereocenters. The summed E-state index contributed by atoms with van der Waals surface area (Å²) >= 11 is 0. The maximum atomic E-state index is 11.2. The maximum Gasteiger partial charge on any atom is 0.345 e. The van der Waals surface area contributed by atoms with Crippen molar-refractivity contribution in [1.29, 1.82) is 0 Å². The van der Waals surface area contributed by atoms with E-state index in [2.05, 4.69) is 5.10 Å². The van der Waals surface area contributed by atoms with Gasteiger partial charge in [-0.1, -0.05) is 0 Å². The summed E-state index contributed by atoms with van der Waals surface area (Å²) in [6, 6.07) is 0. The van der Waals surface area contributed by atoms with E-state index in [9.17, 15) is 4.79 Å². The first-order chi connectivity index (χ1) is 5.75. The van der Waals surface area contributed by atoms with Gasteiger partial charge in [-0.25, -0.2) is 9.48 Å². The van der Waals surface area contributed by atoms with Crippen molar-refractivity contribution in [2.45, 2.75) is 13.5 Å². The molecule has 0 spiro atoms. The fraction of sp³-hybridized carbons (Fsp3) is 0.714. The Morgan fingerprint density at radius 2 is 2.42 bits per heavy atom. The Morgan fingerprint density at radius 1 is 1.67 bits per heavy atom. The highest BCUT2D eigenvalue weighted by Gasteiger charge is 1.99. The zero-order valence-corrected chi connectivity index (χ0v) is 7.36. The molecule has 0 aliphatic rings. The van der Waals surface area contributed by atoms with Crippen LogP contribution in [0, 0.1) is 0 Å². The minimum absolute atomic E-state index is 0.102. The molecule has 1 aromatic heterocycles. The molecule has 0 bridgehead atoms. The zero-order valence-electron chi connectivity index (χ0n) is 7.36. The second-order valence-corrected chi connectivity index (χ2v) is 2.44. The molecule has 0 saturated carbocycles. The third-order valence-electron chi connectivity index (χ3n) is 1.54. The fourth-order valence-corrected chi connectivity index (χ4v) is 0.869. The predicted octanol–water partition coefficient (Wildman–Crippen LogP) is -0.382. The second-order valence-electron chi connectivity index (χ2n) is 2.44. The molecule has 68 valence electrons. The van der Waals surface area contributed by atoms with Gasteiger partial charge in [0.05, 0.1) is 13.2 Å². The van der Waals surface area contributed by atoms with Crippen molar-refractivity contribution in [3.63, 3.8) is 0 Å². The Labute approximate surface area is 70.6 Å². The molecule has 0 saturated heterocycles. The number of ether oxygens (including phenoxy) is 1. The van der Waals surface area contributed by atoms with Crippen molar-refractivity contribution in [1.82, 2.24) is 14.3 Å². The van der Waals surface area contributed by atoms with Gasteiger partial charge in [0.25, 0.3) is 0 Å². The summed E-state index contributed by atoms with van der Waals surface area (Å²) < 4.78 is 7.91. The van der Waals surface area contributed by atoms with Crippen LogP contribution < -0.4 is 5.69 Å². The van der Waals surface area contributed by atoms with Crippen LogP contribution in [0.15, 0.2) is 11.1 Å². The van der Waals surface area contributed by atoms with Gasteiger partial charge in [-0.15, -0.1) is 0 Å². The molecule has 0 fully saturated rings. The van der Waals surface area contributed by atoms with Gasteiger partial charge in [0.1, 0.15) is 6.33 Å². The van der Waals surface area contributed by atoms with Crippen molar-refractivity contribution in [3.8, 4) is 0 Å².